The number of ether oxygens (including phenoxy) is 1. The minimum absolute atomic E-state index is 0.245. The van der Waals surface area contributed by atoms with Crippen LogP contribution in [0.4, 0.5) is 0 Å². The zero-order valence-corrected chi connectivity index (χ0v) is 13.0. The van der Waals surface area contributed by atoms with Crippen LogP contribution in [0, 0.1) is 11.8 Å². The van der Waals surface area contributed by atoms with E-state index in [1.165, 1.54) is 38.5 Å². The number of hydrogen-bond donors (Lipinski definition) is 1. The molecule has 0 aromatic carbocycles. The van der Waals surface area contributed by atoms with Crippen molar-refractivity contribution in [2.45, 2.75) is 64.0 Å². The summed E-state index contributed by atoms with van der Waals surface area (Å²) in [6.07, 6.45) is 8.05. The second-order valence-electron chi connectivity index (χ2n) is 6.57. The summed E-state index contributed by atoms with van der Waals surface area (Å²) in [5, 5.41) is 0. The number of nitrogens with zero attached hydrogens (tertiary/aromatic N) is 1. The highest BCUT2D eigenvalue weighted by Crippen LogP contribution is 2.46. The third-order valence-corrected chi connectivity index (χ3v) is 5.67. The lowest BCUT2D eigenvalue weighted by molar-refractivity contribution is -0.00365. The summed E-state index contributed by atoms with van der Waals surface area (Å²) in [5.74, 6) is 1.67. The van der Waals surface area contributed by atoms with E-state index in [0.717, 1.165) is 31.5 Å². The fourth-order valence-corrected chi connectivity index (χ4v) is 4.33. The van der Waals surface area contributed by atoms with Gasteiger partial charge in [0, 0.05) is 31.8 Å². The highest BCUT2D eigenvalue weighted by atomic mass is 16.5. The maximum atomic E-state index is 6.28. The molecule has 0 radical (unpaired) electrons. The van der Waals surface area contributed by atoms with E-state index < -0.39 is 0 Å². The smallest absolute Gasteiger partial charge is 0.0590 e. The van der Waals surface area contributed by atoms with Crippen LogP contribution in [0.3, 0.4) is 0 Å². The summed E-state index contributed by atoms with van der Waals surface area (Å²) in [7, 11) is 1.81. The van der Waals surface area contributed by atoms with Crippen LogP contribution in [0.15, 0.2) is 0 Å². The van der Waals surface area contributed by atoms with Gasteiger partial charge in [-0.25, -0.2) is 0 Å². The number of methoxy groups -OCH3 is 1. The molecule has 112 valence electrons. The standard InChI is InChI=1S/C16H32N2O/c1-4-15-6-5-9-16(15,12-17)18(10-11-19-3)13(2)14-7-8-14/h13-15H,4-12,17H2,1-3H3. The van der Waals surface area contributed by atoms with E-state index in [1.807, 2.05) is 0 Å². The molecule has 0 amide bonds. The average Bonchev–Trinajstić information content (AvgIpc) is 3.19. The highest BCUT2D eigenvalue weighted by molar-refractivity contribution is 5.04. The summed E-state index contributed by atoms with van der Waals surface area (Å²) in [4.78, 5) is 2.73. The Labute approximate surface area is 118 Å². The Bertz CT molecular complexity index is 280. The molecule has 2 rings (SSSR count). The van der Waals surface area contributed by atoms with E-state index in [1.54, 1.807) is 7.11 Å². The molecule has 0 spiro atoms. The van der Waals surface area contributed by atoms with E-state index in [4.69, 9.17) is 10.5 Å². The number of hydrogen-bond acceptors (Lipinski definition) is 3. The molecular formula is C16H32N2O. The molecule has 19 heavy (non-hydrogen) atoms. The predicted octanol–water partition coefficient (Wildman–Crippen LogP) is 2.64. The Morgan fingerprint density at radius 2 is 2.11 bits per heavy atom. The van der Waals surface area contributed by atoms with Gasteiger partial charge in [-0.1, -0.05) is 19.8 Å². The third kappa shape index (κ3) is 2.98. The Hall–Kier alpha value is -0.120. The Morgan fingerprint density at radius 3 is 2.63 bits per heavy atom. The van der Waals surface area contributed by atoms with Crippen LogP contribution < -0.4 is 5.73 Å². The Morgan fingerprint density at radius 1 is 1.37 bits per heavy atom. The van der Waals surface area contributed by atoms with Crippen LogP contribution >= 0.6 is 0 Å². The van der Waals surface area contributed by atoms with Crippen molar-refractivity contribution in [2.24, 2.45) is 17.6 Å². The summed E-state index contributed by atoms with van der Waals surface area (Å²) in [6.45, 7) is 7.43. The quantitative estimate of drug-likeness (QED) is 0.735. The summed E-state index contributed by atoms with van der Waals surface area (Å²) in [5.41, 5.74) is 6.53. The zero-order valence-electron chi connectivity index (χ0n) is 13.0. The van der Waals surface area contributed by atoms with Crippen LogP contribution in [0.1, 0.15) is 52.4 Å². The second-order valence-corrected chi connectivity index (χ2v) is 6.57. The van der Waals surface area contributed by atoms with E-state index >= 15 is 0 Å². The number of rotatable bonds is 8. The van der Waals surface area contributed by atoms with Crippen molar-refractivity contribution in [2.75, 3.05) is 26.8 Å². The summed E-state index contributed by atoms with van der Waals surface area (Å²) < 4.78 is 5.36. The SMILES string of the molecule is CCC1CCCC1(CN)N(CCOC)C(C)C1CC1. The van der Waals surface area contributed by atoms with Gasteiger partial charge in [-0.2, -0.15) is 0 Å². The van der Waals surface area contributed by atoms with Gasteiger partial charge >= 0.3 is 0 Å². The van der Waals surface area contributed by atoms with Crippen molar-refractivity contribution < 1.29 is 4.74 Å². The van der Waals surface area contributed by atoms with E-state index in [9.17, 15) is 0 Å². The van der Waals surface area contributed by atoms with Gasteiger partial charge in [0.1, 0.15) is 0 Å². The van der Waals surface area contributed by atoms with Crippen LogP contribution in [-0.2, 0) is 4.74 Å². The first-order chi connectivity index (χ1) is 9.19. The van der Waals surface area contributed by atoms with Crippen molar-refractivity contribution in [3.63, 3.8) is 0 Å². The number of nitrogens with two attached hydrogens (primary N) is 1. The molecule has 0 aromatic rings. The van der Waals surface area contributed by atoms with Crippen molar-refractivity contribution in [3.8, 4) is 0 Å². The maximum absolute atomic E-state index is 6.28. The van der Waals surface area contributed by atoms with Crippen molar-refractivity contribution in [3.05, 3.63) is 0 Å². The molecule has 0 heterocycles. The third-order valence-electron chi connectivity index (χ3n) is 5.67. The first-order valence-corrected chi connectivity index (χ1v) is 8.15. The van der Waals surface area contributed by atoms with Gasteiger partial charge in [-0.15, -0.1) is 0 Å². The van der Waals surface area contributed by atoms with Gasteiger partial charge in [0.15, 0.2) is 0 Å². The molecule has 2 N–H and O–H groups in total. The predicted molar refractivity (Wildman–Crippen MR) is 80.2 cm³/mol. The molecule has 2 aliphatic rings. The normalized spacial score (nSPS) is 33.0. The molecule has 2 aliphatic carbocycles. The fraction of sp³-hybridized carbons (Fsp3) is 1.00. The van der Waals surface area contributed by atoms with Gasteiger partial charge in [-0.05, 0) is 44.4 Å². The Kier molecular flexibility index (Phi) is 5.27. The van der Waals surface area contributed by atoms with Gasteiger partial charge in [0.05, 0.1) is 6.61 Å². The average molecular weight is 268 g/mol. The minimum Gasteiger partial charge on any atom is -0.383 e. The van der Waals surface area contributed by atoms with Gasteiger partial charge in [0.25, 0.3) is 0 Å². The molecule has 3 unspecified atom stereocenters. The van der Waals surface area contributed by atoms with E-state index in [-0.39, 0.29) is 5.54 Å². The van der Waals surface area contributed by atoms with Crippen LogP contribution in [0.2, 0.25) is 0 Å². The molecule has 2 saturated carbocycles. The zero-order chi connectivity index (χ0) is 13.9. The van der Waals surface area contributed by atoms with Crippen molar-refractivity contribution >= 4 is 0 Å². The molecule has 0 bridgehead atoms. The topological polar surface area (TPSA) is 38.5 Å². The summed E-state index contributed by atoms with van der Waals surface area (Å²) in [6, 6.07) is 0.672. The van der Waals surface area contributed by atoms with Crippen molar-refractivity contribution in [1.29, 1.82) is 0 Å². The van der Waals surface area contributed by atoms with E-state index in [2.05, 4.69) is 18.7 Å². The lowest BCUT2D eigenvalue weighted by atomic mass is 9.82. The Balaban J connectivity index is 2.17. The van der Waals surface area contributed by atoms with Crippen LogP contribution in [-0.4, -0.2) is 43.3 Å². The van der Waals surface area contributed by atoms with Gasteiger partial charge in [0.2, 0.25) is 0 Å². The first kappa shape index (κ1) is 15.3. The van der Waals surface area contributed by atoms with Gasteiger partial charge < -0.3 is 10.5 Å². The molecule has 0 aromatic heterocycles. The minimum atomic E-state index is 0.245. The molecule has 0 saturated heterocycles. The highest BCUT2D eigenvalue weighted by Gasteiger charge is 2.48. The lowest BCUT2D eigenvalue weighted by Crippen LogP contribution is -2.60. The molecule has 3 heteroatoms. The monoisotopic (exact) mass is 268 g/mol. The summed E-state index contributed by atoms with van der Waals surface area (Å²) >= 11 is 0. The molecule has 3 atom stereocenters. The molecule has 3 nitrogen and oxygen atoms in total. The molecule has 2 fully saturated rings. The molecular weight excluding hydrogens is 236 g/mol. The maximum Gasteiger partial charge on any atom is 0.0590 e. The second kappa shape index (κ2) is 6.55. The van der Waals surface area contributed by atoms with E-state index in [0.29, 0.717) is 6.04 Å². The van der Waals surface area contributed by atoms with Crippen molar-refractivity contribution in [1.82, 2.24) is 4.90 Å². The fourth-order valence-electron chi connectivity index (χ4n) is 4.33. The van der Waals surface area contributed by atoms with Crippen LogP contribution in [0.5, 0.6) is 0 Å². The van der Waals surface area contributed by atoms with Gasteiger partial charge in [-0.3, -0.25) is 4.90 Å². The first-order valence-electron chi connectivity index (χ1n) is 8.15. The largest absolute Gasteiger partial charge is 0.383 e. The molecule has 0 aliphatic heterocycles. The lowest BCUT2D eigenvalue weighted by Gasteiger charge is -2.48. The van der Waals surface area contributed by atoms with Crippen LogP contribution in [0.25, 0.3) is 0 Å².